The molecule has 0 bridgehead atoms. The first-order valence-electron chi connectivity index (χ1n) is 12.9. The molecule has 0 saturated carbocycles. The molecule has 11 heteroatoms. The molecule has 0 aliphatic carbocycles. The number of halogens is 2. The van der Waals surface area contributed by atoms with E-state index in [1.165, 1.54) is 6.07 Å². The van der Waals surface area contributed by atoms with Crippen molar-refractivity contribution in [3.8, 4) is 16.9 Å². The van der Waals surface area contributed by atoms with Gasteiger partial charge in [0.05, 0.1) is 27.4 Å². The van der Waals surface area contributed by atoms with Crippen molar-refractivity contribution in [2.45, 2.75) is 36.3 Å². The Hall–Kier alpha value is -4.09. The number of nitrogens with zero attached hydrogens (tertiary/aromatic N) is 2. The number of aryl methyl sites for hydroxylation is 1. The van der Waals surface area contributed by atoms with E-state index in [2.05, 4.69) is 0 Å². The molecule has 0 atom stereocenters. The Kier molecular flexibility index (Phi) is 7.91. The van der Waals surface area contributed by atoms with E-state index in [-0.39, 0.29) is 22.1 Å². The van der Waals surface area contributed by atoms with Crippen LogP contribution in [0.25, 0.3) is 22.2 Å². The summed E-state index contributed by atoms with van der Waals surface area (Å²) in [5.74, 6) is 0.700. The van der Waals surface area contributed by atoms with Crippen molar-refractivity contribution in [1.82, 2.24) is 9.55 Å². The number of alkyl halides is 2. The smallest absolute Gasteiger partial charge is 0.387 e. The summed E-state index contributed by atoms with van der Waals surface area (Å²) < 4.78 is 81.0. The van der Waals surface area contributed by atoms with Crippen LogP contribution in [0.4, 0.5) is 8.78 Å². The van der Waals surface area contributed by atoms with E-state index < -0.39 is 26.3 Å². The fourth-order valence-corrected chi connectivity index (χ4v) is 6.23. The molecule has 0 aliphatic rings. The van der Waals surface area contributed by atoms with Gasteiger partial charge in [-0.25, -0.2) is 21.8 Å². The van der Waals surface area contributed by atoms with Gasteiger partial charge >= 0.3 is 6.61 Å². The highest BCUT2D eigenvalue weighted by molar-refractivity contribution is 7.91. The Bertz CT molecular complexity index is 2000. The molecular formula is C31H28F2N2O5S2. The molecule has 1 heterocycles. The Balaban J connectivity index is 1.63. The summed E-state index contributed by atoms with van der Waals surface area (Å²) in [6.45, 7) is -0.955. The first kappa shape index (κ1) is 29.4. The summed E-state index contributed by atoms with van der Waals surface area (Å²) in [7, 11) is -6.71. The molecule has 4 aromatic carbocycles. The zero-order chi connectivity index (χ0) is 30.2. The van der Waals surface area contributed by atoms with E-state index in [0.717, 1.165) is 40.3 Å². The van der Waals surface area contributed by atoms with Gasteiger partial charge in [-0.3, -0.25) is 0 Å². The second kappa shape index (κ2) is 11.3. The molecule has 7 nitrogen and oxygen atoms in total. The lowest BCUT2D eigenvalue weighted by atomic mass is 10.0. The van der Waals surface area contributed by atoms with Gasteiger partial charge in [0, 0.05) is 24.5 Å². The lowest BCUT2D eigenvalue weighted by Crippen LogP contribution is -2.10. The molecule has 0 aliphatic heterocycles. The average molecular weight is 611 g/mol. The monoisotopic (exact) mass is 610 g/mol. The van der Waals surface area contributed by atoms with Crippen molar-refractivity contribution >= 4 is 30.7 Å². The van der Waals surface area contributed by atoms with Gasteiger partial charge in [0.15, 0.2) is 19.7 Å². The third-order valence-electron chi connectivity index (χ3n) is 7.00. The fourth-order valence-electron chi connectivity index (χ4n) is 4.90. The van der Waals surface area contributed by atoms with E-state index in [4.69, 9.17) is 9.72 Å². The van der Waals surface area contributed by atoms with E-state index in [1.54, 1.807) is 60.7 Å². The molecule has 0 saturated heterocycles. The van der Waals surface area contributed by atoms with Crippen molar-refractivity contribution in [3.05, 3.63) is 107 Å². The first-order valence-corrected chi connectivity index (χ1v) is 16.7. The van der Waals surface area contributed by atoms with Crippen molar-refractivity contribution in [3.63, 3.8) is 0 Å². The Morgan fingerprint density at radius 1 is 0.833 bits per heavy atom. The lowest BCUT2D eigenvalue weighted by molar-refractivity contribution is -0.0504. The zero-order valence-corrected chi connectivity index (χ0v) is 24.7. The number of fused-ring (bicyclic) bond motifs is 1. The third kappa shape index (κ3) is 6.37. The summed E-state index contributed by atoms with van der Waals surface area (Å²) in [5, 5.41) is 0. The normalized spacial score (nSPS) is 12.2. The highest BCUT2D eigenvalue weighted by Crippen LogP contribution is 2.31. The van der Waals surface area contributed by atoms with Gasteiger partial charge in [-0.05, 0) is 71.6 Å². The Morgan fingerprint density at radius 3 is 2.14 bits per heavy atom. The van der Waals surface area contributed by atoms with Crippen molar-refractivity contribution in [1.29, 1.82) is 0 Å². The number of para-hydroxylation sites is 1. The molecule has 0 N–H and O–H groups in total. The summed E-state index contributed by atoms with van der Waals surface area (Å²) in [6.07, 6.45) is 2.67. The van der Waals surface area contributed by atoms with Crippen LogP contribution < -0.4 is 4.74 Å². The van der Waals surface area contributed by atoms with Crippen LogP contribution in [-0.2, 0) is 32.6 Å². The summed E-state index contributed by atoms with van der Waals surface area (Å²) >= 11 is 0. The van der Waals surface area contributed by atoms with Gasteiger partial charge in [-0.1, -0.05) is 42.5 Å². The quantitative estimate of drug-likeness (QED) is 0.201. The van der Waals surface area contributed by atoms with Gasteiger partial charge in [-0.2, -0.15) is 8.78 Å². The average Bonchev–Trinajstić information content (AvgIpc) is 3.24. The molecule has 5 rings (SSSR count). The number of ether oxygens (including phenoxy) is 1. The lowest BCUT2D eigenvalue weighted by Gasteiger charge is -2.15. The maximum Gasteiger partial charge on any atom is 0.387 e. The van der Waals surface area contributed by atoms with E-state index in [1.807, 2.05) is 29.7 Å². The minimum absolute atomic E-state index is 0.0566. The molecule has 0 unspecified atom stereocenters. The maximum atomic E-state index is 13.2. The van der Waals surface area contributed by atoms with Crippen LogP contribution in [0.5, 0.6) is 5.75 Å². The van der Waals surface area contributed by atoms with E-state index >= 15 is 0 Å². The summed E-state index contributed by atoms with van der Waals surface area (Å²) in [5.41, 5.74) is 5.24. The van der Waals surface area contributed by atoms with Crippen LogP contribution in [0, 0.1) is 6.92 Å². The highest BCUT2D eigenvalue weighted by Gasteiger charge is 2.18. The topological polar surface area (TPSA) is 95.3 Å². The van der Waals surface area contributed by atoms with Crippen LogP contribution in [0.15, 0.2) is 94.7 Å². The van der Waals surface area contributed by atoms with E-state index in [0.29, 0.717) is 23.3 Å². The maximum absolute atomic E-state index is 13.2. The standard InChI is InChI=1S/C31H28F2N2O5S2/c1-20-16-25(42(3,38)39)13-14-26(20)22-10-15-27-28(18-22)35(19-23-6-4-5-7-29(23)40-31(32)33)30(34-27)17-21-8-11-24(12-9-21)41(2,36)37/h4-16,18,31H,17,19H2,1-3H3. The Morgan fingerprint density at radius 2 is 1.50 bits per heavy atom. The first-order chi connectivity index (χ1) is 19.8. The van der Waals surface area contributed by atoms with Gasteiger partial charge in [0.1, 0.15) is 11.6 Å². The van der Waals surface area contributed by atoms with Crippen molar-refractivity contribution < 1.29 is 30.4 Å². The Labute approximate surface area is 243 Å². The second-order valence-electron chi connectivity index (χ2n) is 10.1. The minimum atomic E-state index is -3.36. The van der Waals surface area contributed by atoms with Gasteiger partial charge in [0.2, 0.25) is 0 Å². The summed E-state index contributed by atoms with van der Waals surface area (Å²) in [6, 6.07) is 23.8. The third-order valence-corrected chi connectivity index (χ3v) is 9.23. The van der Waals surface area contributed by atoms with Crippen LogP contribution in [0.3, 0.4) is 0 Å². The predicted octanol–water partition coefficient (Wildman–Crippen LogP) is 6.06. The number of hydrogen-bond acceptors (Lipinski definition) is 6. The number of benzene rings is 4. The van der Waals surface area contributed by atoms with Crippen molar-refractivity contribution in [2.75, 3.05) is 12.5 Å². The van der Waals surface area contributed by atoms with Gasteiger partial charge < -0.3 is 9.30 Å². The van der Waals surface area contributed by atoms with Gasteiger partial charge in [-0.15, -0.1) is 0 Å². The number of sulfone groups is 2. The number of imidazole rings is 1. The molecule has 0 fully saturated rings. The SMILES string of the molecule is Cc1cc(S(C)(=O)=O)ccc1-c1ccc2nc(Cc3ccc(S(C)(=O)=O)cc3)n(Cc3ccccc3OC(F)F)c2c1. The second-order valence-corrected chi connectivity index (χ2v) is 14.2. The van der Waals surface area contributed by atoms with Crippen LogP contribution in [-0.4, -0.2) is 45.5 Å². The van der Waals surface area contributed by atoms with E-state index in [9.17, 15) is 25.6 Å². The zero-order valence-electron chi connectivity index (χ0n) is 23.1. The largest absolute Gasteiger partial charge is 0.434 e. The molecule has 42 heavy (non-hydrogen) atoms. The molecular weight excluding hydrogens is 582 g/mol. The molecule has 0 radical (unpaired) electrons. The predicted molar refractivity (Wildman–Crippen MR) is 158 cm³/mol. The summed E-state index contributed by atoms with van der Waals surface area (Å²) in [4.78, 5) is 5.29. The molecule has 1 aromatic heterocycles. The van der Waals surface area contributed by atoms with Crippen LogP contribution >= 0.6 is 0 Å². The number of aromatic nitrogens is 2. The molecule has 0 spiro atoms. The number of hydrogen-bond donors (Lipinski definition) is 0. The molecule has 218 valence electrons. The fraction of sp³-hybridized carbons (Fsp3) is 0.194. The number of rotatable bonds is 9. The minimum Gasteiger partial charge on any atom is -0.434 e. The molecule has 0 amide bonds. The van der Waals surface area contributed by atoms with Gasteiger partial charge in [0.25, 0.3) is 0 Å². The molecule has 5 aromatic rings. The highest BCUT2D eigenvalue weighted by atomic mass is 32.2. The van der Waals surface area contributed by atoms with Crippen LogP contribution in [0.2, 0.25) is 0 Å². The van der Waals surface area contributed by atoms with Crippen LogP contribution in [0.1, 0.15) is 22.5 Å². The van der Waals surface area contributed by atoms with Crippen molar-refractivity contribution in [2.24, 2.45) is 0 Å².